The third-order valence-corrected chi connectivity index (χ3v) is 4.03. The maximum atomic E-state index is 12.5. The number of hydrogen-bond acceptors (Lipinski definition) is 3. The summed E-state index contributed by atoms with van der Waals surface area (Å²) in [6.45, 7) is 2.41. The largest absolute Gasteiger partial charge is 0.494 e. The van der Waals surface area contributed by atoms with Gasteiger partial charge in [0.1, 0.15) is 11.4 Å². The van der Waals surface area contributed by atoms with E-state index in [0.717, 1.165) is 22.2 Å². The van der Waals surface area contributed by atoms with Crippen LogP contribution < -0.4 is 10.1 Å². The van der Waals surface area contributed by atoms with Crippen molar-refractivity contribution < 1.29 is 14.6 Å². The molecule has 0 spiro atoms. The normalized spacial score (nSPS) is 12.1. The number of ether oxygens (including phenoxy) is 1. The Morgan fingerprint density at radius 3 is 2.72 bits per heavy atom. The van der Waals surface area contributed by atoms with E-state index in [1.807, 2.05) is 55.5 Å². The van der Waals surface area contributed by atoms with Gasteiger partial charge in [-0.05, 0) is 37.1 Å². The summed E-state index contributed by atoms with van der Waals surface area (Å²) < 4.78 is 5.48. The molecule has 0 fully saturated rings. The van der Waals surface area contributed by atoms with Crippen molar-refractivity contribution in [2.45, 2.75) is 19.4 Å². The monoisotopic (exact) mass is 338 g/mol. The summed E-state index contributed by atoms with van der Waals surface area (Å²) in [5.41, 5.74) is 2.38. The van der Waals surface area contributed by atoms with E-state index >= 15 is 0 Å². The molecule has 3 N–H and O–H groups in total. The van der Waals surface area contributed by atoms with Crippen LogP contribution in [0.3, 0.4) is 0 Å². The number of aliphatic hydroxyl groups is 1. The molecule has 3 aromatic rings. The molecule has 5 heteroatoms. The number of fused-ring (bicyclic) bond motifs is 1. The second kappa shape index (κ2) is 7.85. The number of carbonyl (C=O) groups is 1. The molecule has 0 aliphatic heterocycles. The summed E-state index contributed by atoms with van der Waals surface area (Å²) in [6, 6.07) is 16.9. The van der Waals surface area contributed by atoms with E-state index in [2.05, 4.69) is 10.3 Å². The molecule has 2 aromatic carbocycles. The summed E-state index contributed by atoms with van der Waals surface area (Å²) in [7, 11) is 0. The number of aromatic nitrogens is 1. The predicted octanol–water partition coefficient (Wildman–Crippen LogP) is 2.90. The van der Waals surface area contributed by atoms with Crippen LogP contribution in [0.1, 0.15) is 23.0 Å². The van der Waals surface area contributed by atoms with Crippen molar-refractivity contribution in [3.63, 3.8) is 0 Å². The van der Waals surface area contributed by atoms with Crippen LogP contribution in [0.5, 0.6) is 5.75 Å². The Morgan fingerprint density at radius 2 is 2.00 bits per heavy atom. The van der Waals surface area contributed by atoms with E-state index < -0.39 is 0 Å². The number of amides is 1. The van der Waals surface area contributed by atoms with Crippen LogP contribution in [0.2, 0.25) is 0 Å². The van der Waals surface area contributed by atoms with Crippen LogP contribution in [0.15, 0.2) is 54.6 Å². The van der Waals surface area contributed by atoms with Crippen LogP contribution in [0.25, 0.3) is 10.9 Å². The summed E-state index contributed by atoms with van der Waals surface area (Å²) in [6.07, 6.45) is 0.581. The minimum absolute atomic E-state index is 0.116. The molecule has 3 rings (SSSR count). The van der Waals surface area contributed by atoms with Gasteiger partial charge in [-0.3, -0.25) is 4.79 Å². The number of benzene rings is 2. The van der Waals surface area contributed by atoms with Gasteiger partial charge < -0.3 is 20.1 Å². The lowest BCUT2D eigenvalue weighted by Crippen LogP contribution is -2.39. The van der Waals surface area contributed by atoms with E-state index in [1.54, 1.807) is 6.07 Å². The number of carbonyl (C=O) groups excluding carboxylic acids is 1. The highest BCUT2D eigenvalue weighted by atomic mass is 16.5. The fraction of sp³-hybridized carbons (Fsp3) is 0.250. The first kappa shape index (κ1) is 17.0. The van der Waals surface area contributed by atoms with Gasteiger partial charge in [0, 0.05) is 17.0 Å². The van der Waals surface area contributed by atoms with Crippen molar-refractivity contribution in [3.05, 3.63) is 65.9 Å². The number of nitrogens with one attached hydrogen (secondary N) is 2. The van der Waals surface area contributed by atoms with Gasteiger partial charge in [-0.25, -0.2) is 0 Å². The zero-order valence-electron chi connectivity index (χ0n) is 14.2. The maximum Gasteiger partial charge on any atom is 0.268 e. The number of aliphatic hydroxyl groups excluding tert-OH is 1. The average molecular weight is 338 g/mol. The van der Waals surface area contributed by atoms with Crippen molar-refractivity contribution in [1.82, 2.24) is 10.3 Å². The highest BCUT2D eigenvalue weighted by Gasteiger charge is 2.15. The predicted molar refractivity (Wildman–Crippen MR) is 98.0 cm³/mol. The molecule has 1 heterocycles. The van der Waals surface area contributed by atoms with E-state index in [-0.39, 0.29) is 18.6 Å². The molecule has 0 bridgehead atoms. The van der Waals surface area contributed by atoms with Crippen LogP contribution in [-0.4, -0.2) is 35.3 Å². The molecule has 130 valence electrons. The minimum atomic E-state index is -0.333. The summed E-state index contributed by atoms with van der Waals surface area (Å²) in [4.78, 5) is 15.6. The van der Waals surface area contributed by atoms with E-state index in [9.17, 15) is 9.90 Å². The molecule has 1 amide bonds. The third kappa shape index (κ3) is 4.19. The number of aromatic amines is 1. The third-order valence-electron chi connectivity index (χ3n) is 4.03. The average Bonchev–Trinajstić information content (AvgIpc) is 3.06. The van der Waals surface area contributed by atoms with E-state index in [4.69, 9.17) is 4.74 Å². The summed E-state index contributed by atoms with van der Waals surface area (Å²) in [5, 5.41) is 13.4. The van der Waals surface area contributed by atoms with Gasteiger partial charge in [0.05, 0.1) is 19.3 Å². The smallest absolute Gasteiger partial charge is 0.268 e. The van der Waals surface area contributed by atoms with Crippen molar-refractivity contribution >= 4 is 16.8 Å². The zero-order chi connectivity index (χ0) is 17.6. The van der Waals surface area contributed by atoms with E-state index in [1.165, 1.54) is 0 Å². The Bertz CT molecular complexity index is 843. The molecule has 0 radical (unpaired) electrons. The SMILES string of the molecule is CCOc1ccc2cc(C(=O)NC(CO)Cc3ccccc3)[nH]c2c1. The molecular formula is C20H22N2O3. The summed E-state index contributed by atoms with van der Waals surface area (Å²) >= 11 is 0. The van der Waals surface area contributed by atoms with Gasteiger partial charge in [0.2, 0.25) is 0 Å². The molecular weight excluding hydrogens is 316 g/mol. The molecule has 5 nitrogen and oxygen atoms in total. The minimum Gasteiger partial charge on any atom is -0.494 e. The Balaban J connectivity index is 1.72. The Hall–Kier alpha value is -2.79. The van der Waals surface area contributed by atoms with Gasteiger partial charge in [-0.15, -0.1) is 0 Å². The van der Waals surface area contributed by atoms with Gasteiger partial charge >= 0.3 is 0 Å². The van der Waals surface area contributed by atoms with Crippen molar-refractivity contribution in [3.8, 4) is 5.75 Å². The first-order valence-electron chi connectivity index (χ1n) is 8.41. The Kier molecular flexibility index (Phi) is 5.36. The first-order valence-corrected chi connectivity index (χ1v) is 8.41. The van der Waals surface area contributed by atoms with Crippen molar-refractivity contribution in [2.24, 2.45) is 0 Å². The Morgan fingerprint density at radius 1 is 1.20 bits per heavy atom. The van der Waals surface area contributed by atoms with E-state index in [0.29, 0.717) is 18.7 Å². The standard InChI is InChI=1S/C20H22N2O3/c1-2-25-17-9-8-15-11-19(22-18(15)12-17)20(24)21-16(13-23)10-14-6-4-3-5-7-14/h3-9,11-12,16,22-23H,2,10,13H2,1H3,(H,21,24). The molecule has 1 atom stereocenters. The molecule has 0 saturated heterocycles. The molecule has 25 heavy (non-hydrogen) atoms. The fourth-order valence-corrected chi connectivity index (χ4v) is 2.81. The second-order valence-corrected chi connectivity index (χ2v) is 5.91. The molecule has 0 aliphatic carbocycles. The van der Waals surface area contributed by atoms with Crippen LogP contribution in [-0.2, 0) is 6.42 Å². The highest BCUT2D eigenvalue weighted by molar-refractivity contribution is 5.98. The van der Waals surface area contributed by atoms with Gasteiger partial charge in [0.15, 0.2) is 0 Å². The lowest BCUT2D eigenvalue weighted by Gasteiger charge is -2.15. The molecule has 1 aromatic heterocycles. The van der Waals surface area contributed by atoms with Gasteiger partial charge in [-0.2, -0.15) is 0 Å². The van der Waals surface area contributed by atoms with Gasteiger partial charge in [-0.1, -0.05) is 30.3 Å². The number of hydrogen-bond donors (Lipinski definition) is 3. The lowest BCUT2D eigenvalue weighted by molar-refractivity contribution is 0.0912. The van der Waals surface area contributed by atoms with Crippen molar-refractivity contribution in [2.75, 3.05) is 13.2 Å². The number of H-pyrrole nitrogens is 1. The molecule has 0 saturated carbocycles. The Labute approximate surface area is 146 Å². The van der Waals surface area contributed by atoms with Crippen LogP contribution in [0.4, 0.5) is 0 Å². The second-order valence-electron chi connectivity index (χ2n) is 5.91. The quantitative estimate of drug-likeness (QED) is 0.620. The van der Waals surface area contributed by atoms with Crippen LogP contribution >= 0.6 is 0 Å². The maximum absolute atomic E-state index is 12.5. The number of rotatable bonds is 7. The molecule has 0 aliphatic rings. The topological polar surface area (TPSA) is 74.3 Å². The van der Waals surface area contributed by atoms with Crippen molar-refractivity contribution in [1.29, 1.82) is 0 Å². The fourth-order valence-electron chi connectivity index (χ4n) is 2.81. The van der Waals surface area contributed by atoms with Gasteiger partial charge in [0.25, 0.3) is 5.91 Å². The summed E-state index contributed by atoms with van der Waals surface area (Å²) in [5.74, 6) is 0.533. The highest BCUT2D eigenvalue weighted by Crippen LogP contribution is 2.21. The lowest BCUT2D eigenvalue weighted by atomic mass is 10.1. The zero-order valence-corrected chi connectivity index (χ0v) is 14.2. The van der Waals surface area contributed by atoms with Crippen LogP contribution in [0, 0.1) is 0 Å². The first-order chi connectivity index (χ1) is 12.2. The molecule has 1 unspecified atom stereocenters.